The summed E-state index contributed by atoms with van der Waals surface area (Å²) in [6, 6.07) is 26.9. The number of hydrogen-bond acceptors (Lipinski definition) is 2. The van der Waals surface area contributed by atoms with Gasteiger partial charge in [-0.1, -0.05) is 72.3 Å². The summed E-state index contributed by atoms with van der Waals surface area (Å²) in [4.78, 5) is 6.17. The van der Waals surface area contributed by atoms with E-state index in [0.717, 1.165) is 22.8 Å². The van der Waals surface area contributed by atoms with Crippen LogP contribution in [-0.2, 0) is 0 Å². The second kappa shape index (κ2) is 6.84. The van der Waals surface area contributed by atoms with Crippen molar-refractivity contribution in [3.63, 3.8) is 0 Å². The van der Waals surface area contributed by atoms with E-state index in [1.165, 1.54) is 16.0 Å². The van der Waals surface area contributed by atoms with E-state index in [1.807, 2.05) is 36.0 Å². The first-order valence-corrected chi connectivity index (χ1v) is 9.20. The van der Waals surface area contributed by atoms with Crippen molar-refractivity contribution in [3.05, 3.63) is 95.0 Å². The molecule has 0 aliphatic carbocycles. The average Bonchev–Trinajstić information content (AvgIpc) is 2.82. The first-order chi connectivity index (χ1) is 11.8. The maximum absolute atomic E-state index is 6.48. The van der Waals surface area contributed by atoms with E-state index in [2.05, 4.69) is 54.6 Å². The number of hydrogen-bond donors (Lipinski definition) is 0. The molecule has 1 aliphatic heterocycles. The summed E-state index contributed by atoms with van der Waals surface area (Å²) in [5, 5.41) is 1.07. The molecular formula is C21H16ClNS. The lowest BCUT2D eigenvalue weighted by Gasteiger charge is -2.17. The lowest BCUT2D eigenvalue weighted by molar-refractivity contribution is 1.01. The van der Waals surface area contributed by atoms with E-state index >= 15 is 0 Å². The van der Waals surface area contributed by atoms with E-state index in [1.54, 1.807) is 0 Å². The Balaban J connectivity index is 1.83. The monoisotopic (exact) mass is 349 g/mol. The summed E-state index contributed by atoms with van der Waals surface area (Å²) in [6.07, 6.45) is 0.854. The Kier molecular flexibility index (Phi) is 4.42. The molecule has 3 aromatic carbocycles. The predicted molar refractivity (Wildman–Crippen MR) is 104 cm³/mol. The fraction of sp³-hybridized carbons (Fsp3) is 0.0952. The topological polar surface area (TPSA) is 12.4 Å². The lowest BCUT2D eigenvalue weighted by atomic mass is 10.0. The third kappa shape index (κ3) is 3.12. The highest BCUT2D eigenvalue weighted by molar-refractivity contribution is 7.99. The van der Waals surface area contributed by atoms with Gasteiger partial charge in [-0.15, -0.1) is 11.8 Å². The summed E-state index contributed by atoms with van der Waals surface area (Å²) in [5.74, 6) is 0. The second-order valence-electron chi connectivity index (χ2n) is 5.72. The van der Waals surface area contributed by atoms with Crippen molar-refractivity contribution in [1.82, 2.24) is 0 Å². The number of aliphatic imine (C=N–C) groups is 1. The molecule has 1 aliphatic rings. The quantitative estimate of drug-likeness (QED) is 0.501. The van der Waals surface area contributed by atoms with Crippen LogP contribution in [0, 0.1) is 0 Å². The molecule has 0 fully saturated rings. The molecule has 0 saturated heterocycles. The van der Waals surface area contributed by atoms with Crippen molar-refractivity contribution in [2.45, 2.75) is 16.6 Å². The molecule has 1 nitrogen and oxygen atoms in total. The van der Waals surface area contributed by atoms with E-state index < -0.39 is 0 Å². The Hall–Kier alpha value is -2.03. The minimum Gasteiger partial charge on any atom is -0.252 e. The first kappa shape index (κ1) is 15.5. The van der Waals surface area contributed by atoms with E-state index in [0.29, 0.717) is 0 Å². The number of nitrogens with zero attached hydrogens (tertiary/aromatic N) is 1. The molecule has 4 rings (SSSR count). The molecule has 3 heteroatoms. The van der Waals surface area contributed by atoms with Gasteiger partial charge in [0.2, 0.25) is 0 Å². The Morgan fingerprint density at radius 2 is 1.54 bits per heavy atom. The molecule has 0 spiro atoms. The van der Waals surface area contributed by atoms with Gasteiger partial charge in [-0.2, -0.15) is 0 Å². The van der Waals surface area contributed by atoms with E-state index in [-0.39, 0.29) is 5.25 Å². The van der Waals surface area contributed by atoms with Gasteiger partial charge in [-0.25, -0.2) is 0 Å². The number of thioether (sulfide) groups is 1. The van der Waals surface area contributed by atoms with E-state index in [9.17, 15) is 0 Å². The number of benzene rings is 3. The highest BCUT2D eigenvalue weighted by atomic mass is 35.5. The molecule has 0 unspecified atom stereocenters. The molecule has 0 bridgehead atoms. The van der Waals surface area contributed by atoms with Crippen LogP contribution in [0.25, 0.3) is 0 Å². The van der Waals surface area contributed by atoms with Crippen molar-refractivity contribution in [3.8, 4) is 0 Å². The van der Waals surface area contributed by atoms with Crippen molar-refractivity contribution in [2.75, 3.05) is 0 Å². The van der Waals surface area contributed by atoms with Crippen LogP contribution in [0.4, 0.5) is 5.69 Å². The first-order valence-electron chi connectivity index (χ1n) is 7.94. The molecular weight excluding hydrogens is 334 g/mol. The van der Waals surface area contributed by atoms with Crippen LogP contribution >= 0.6 is 23.4 Å². The normalized spacial score (nSPS) is 16.9. The van der Waals surface area contributed by atoms with Crippen LogP contribution in [0.2, 0.25) is 5.02 Å². The van der Waals surface area contributed by atoms with Gasteiger partial charge in [0.05, 0.1) is 5.69 Å². The SMILES string of the molecule is Clc1ccccc1[C@@H]1CC(c2ccccc2)=Nc2ccccc2S1. The largest absolute Gasteiger partial charge is 0.252 e. The van der Waals surface area contributed by atoms with Crippen LogP contribution in [0.3, 0.4) is 0 Å². The molecule has 24 heavy (non-hydrogen) atoms. The second-order valence-corrected chi connectivity index (χ2v) is 7.38. The van der Waals surface area contributed by atoms with Gasteiger partial charge >= 0.3 is 0 Å². The molecule has 0 aromatic heterocycles. The molecule has 118 valence electrons. The van der Waals surface area contributed by atoms with Gasteiger partial charge in [0, 0.05) is 27.3 Å². The Morgan fingerprint density at radius 3 is 2.38 bits per heavy atom. The Bertz CT molecular complexity index is 889. The predicted octanol–water partition coefficient (Wildman–Crippen LogP) is 6.70. The van der Waals surface area contributed by atoms with Crippen LogP contribution in [0.1, 0.15) is 22.8 Å². The van der Waals surface area contributed by atoms with E-state index in [4.69, 9.17) is 16.6 Å². The van der Waals surface area contributed by atoms with Crippen LogP contribution in [-0.4, -0.2) is 5.71 Å². The maximum atomic E-state index is 6.48. The van der Waals surface area contributed by atoms with Crippen molar-refractivity contribution in [2.24, 2.45) is 4.99 Å². The fourth-order valence-corrected chi connectivity index (χ4v) is 4.54. The third-order valence-electron chi connectivity index (χ3n) is 4.13. The molecule has 1 atom stereocenters. The molecule has 3 aromatic rings. The number of para-hydroxylation sites is 1. The van der Waals surface area contributed by atoms with Gasteiger partial charge in [0.25, 0.3) is 0 Å². The highest BCUT2D eigenvalue weighted by Crippen LogP contribution is 2.46. The maximum Gasteiger partial charge on any atom is 0.0769 e. The standard InChI is InChI=1S/C21H16ClNS/c22-17-11-5-4-10-16(17)21-14-19(15-8-2-1-3-9-15)23-18-12-6-7-13-20(18)24-21/h1-13,21H,14H2/t21-/m0/s1. The summed E-state index contributed by atoms with van der Waals surface area (Å²) >= 11 is 8.32. The van der Waals surface area contributed by atoms with Gasteiger partial charge in [0.15, 0.2) is 0 Å². The summed E-state index contributed by atoms with van der Waals surface area (Å²) < 4.78 is 0. The minimum atomic E-state index is 0.251. The van der Waals surface area contributed by atoms with Crippen LogP contribution in [0.5, 0.6) is 0 Å². The molecule has 0 radical (unpaired) electrons. The number of rotatable bonds is 2. The number of halogens is 1. The van der Waals surface area contributed by atoms with Crippen molar-refractivity contribution >= 4 is 34.8 Å². The highest BCUT2D eigenvalue weighted by Gasteiger charge is 2.23. The molecule has 0 saturated carbocycles. The van der Waals surface area contributed by atoms with Crippen molar-refractivity contribution < 1.29 is 0 Å². The zero-order chi connectivity index (χ0) is 16.4. The third-order valence-corrected chi connectivity index (χ3v) is 5.78. The Morgan fingerprint density at radius 1 is 0.833 bits per heavy atom. The van der Waals surface area contributed by atoms with Gasteiger partial charge < -0.3 is 0 Å². The number of fused-ring (bicyclic) bond motifs is 1. The van der Waals surface area contributed by atoms with Crippen molar-refractivity contribution in [1.29, 1.82) is 0 Å². The van der Waals surface area contributed by atoms with Gasteiger partial charge in [0.1, 0.15) is 0 Å². The van der Waals surface area contributed by atoms with Crippen LogP contribution < -0.4 is 0 Å². The van der Waals surface area contributed by atoms with Gasteiger partial charge in [-0.3, -0.25) is 4.99 Å². The van der Waals surface area contributed by atoms with Gasteiger partial charge in [-0.05, 0) is 29.3 Å². The minimum absolute atomic E-state index is 0.251. The lowest BCUT2D eigenvalue weighted by Crippen LogP contribution is -2.05. The van der Waals surface area contributed by atoms with Crippen LogP contribution in [0.15, 0.2) is 88.8 Å². The fourth-order valence-electron chi connectivity index (χ4n) is 2.93. The zero-order valence-corrected chi connectivity index (χ0v) is 14.6. The Labute approximate surface area is 151 Å². The summed E-state index contributed by atoms with van der Waals surface area (Å²) in [5.41, 5.74) is 4.49. The smallest absolute Gasteiger partial charge is 0.0769 e. The summed E-state index contributed by atoms with van der Waals surface area (Å²) in [6.45, 7) is 0. The average molecular weight is 350 g/mol. The molecule has 0 N–H and O–H groups in total. The molecule has 0 amide bonds. The zero-order valence-electron chi connectivity index (χ0n) is 13.0. The summed E-state index contributed by atoms with van der Waals surface area (Å²) in [7, 11) is 0. The molecule has 1 heterocycles.